The van der Waals surface area contributed by atoms with E-state index in [-0.39, 0.29) is 35.6 Å². The number of carbonyl (C=O) groups excluding carboxylic acids is 3. The van der Waals surface area contributed by atoms with Gasteiger partial charge in [0.05, 0.1) is 6.42 Å². The number of Topliss-reactive ketones (excluding diaryl/α,β-unsaturated/α-hetero) is 3. The van der Waals surface area contributed by atoms with Gasteiger partial charge in [0.2, 0.25) is 0 Å². The highest BCUT2D eigenvalue weighted by Crippen LogP contribution is 2.61. The lowest BCUT2D eigenvalue weighted by Crippen LogP contribution is -2.45. The number of carbonyl (C=O) groups is 3. The van der Waals surface area contributed by atoms with Crippen LogP contribution in [-0.2, 0) is 16.0 Å². The molecule has 1 aromatic carbocycles. The molecule has 5 aliphatic rings. The van der Waals surface area contributed by atoms with Gasteiger partial charge in [-0.2, -0.15) is 0 Å². The van der Waals surface area contributed by atoms with E-state index in [2.05, 4.69) is 33.8 Å². The van der Waals surface area contributed by atoms with Gasteiger partial charge < -0.3 is 0 Å². The highest BCUT2D eigenvalue weighted by molar-refractivity contribution is 6.00. The topological polar surface area (TPSA) is 51.2 Å². The Morgan fingerprint density at radius 3 is 2.00 bits per heavy atom. The highest BCUT2D eigenvalue weighted by atomic mass is 16.1. The standard InChI is InChI=1S/C23H32O3.C13H22.C3H8/c1-5-8-18(20(6-2)21(25)11-16(4)24)12-17-13-19-10-7-9-15(3)23(19)22(26)14-17;1-2-3-13-7-10-4-11(8-13)6-12(5-10)9-13;1-3-2/h7,9-10,17-18,20H,5-6,8,11-14H2,1-4H3;10-12H,2-9H2,1H3;3H2,1-2H3. The van der Waals surface area contributed by atoms with Crippen molar-refractivity contribution in [2.45, 2.75) is 151 Å². The lowest BCUT2D eigenvalue weighted by molar-refractivity contribution is -0.129. The summed E-state index contributed by atoms with van der Waals surface area (Å²) in [5.74, 6) is 4.22. The van der Waals surface area contributed by atoms with E-state index < -0.39 is 0 Å². The van der Waals surface area contributed by atoms with E-state index in [1.807, 2.05) is 26.0 Å². The number of benzene rings is 1. The smallest absolute Gasteiger partial charge is 0.163 e. The molecule has 4 bridgehead atoms. The van der Waals surface area contributed by atoms with E-state index in [0.717, 1.165) is 72.0 Å². The summed E-state index contributed by atoms with van der Waals surface area (Å²) in [7, 11) is 0. The van der Waals surface area contributed by atoms with E-state index in [0.29, 0.717) is 12.3 Å². The lowest BCUT2D eigenvalue weighted by atomic mass is 9.49. The normalized spacial score (nSPS) is 28.5. The molecule has 3 unspecified atom stereocenters. The van der Waals surface area contributed by atoms with Crippen molar-refractivity contribution in [3.05, 3.63) is 34.9 Å². The van der Waals surface area contributed by atoms with Crippen molar-refractivity contribution in [1.82, 2.24) is 0 Å². The average Bonchev–Trinajstić information content (AvgIpc) is 2.89. The zero-order chi connectivity index (χ0) is 30.9. The number of hydrogen-bond donors (Lipinski definition) is 0. The Hall–Kier alpha value is -1.77. The van der Waals surface area contributed by atoms with Gasteiger partial charge in [0, 0.05) is 17.9 Å². The van der Waals surface area contributed by atoms with Crippen LogP contribution in [0.25, 0.3) is 0 Å². The van der Waals surface area contributed by atoms with Crippen LogP contribution in [0.1, 0.15) is 159 Å². The number of ketones is 3. The fourth-order valence-electron chi connectivity index (χ4n) is 9.82. The molecule has 42 heavy (non-hydrogen) atoms. The van der Waals surface area contributed by atoms with Crippen LogP contribution in [0.5, 0.6) is 0 Å². The second-order valence-electron chi connectivity index (χ2n) is 14.8. The molecule has 6 rings (SSSR count). The Morgan fingerprint density at radius 2 is 1.50 bits per heavy atom. The molecule has 0 aliphatic heterocycles. The molecule has 5 aliphatic carbocycles. The average molecular weight is 579 g/mol. The zero-order valence-electron chi connectivity index (χ0n) is 28.2. The Labute approximate surface area is 258 Å². The lowest BCUT2D eigenvalue weighted by Gasteiger charge is -2.57. The summed E-state index contributed by atoms with van der Waals surface area (Å²) in [6, 6.07) is 6.10. The SMILES string of the molecule is CCC.CCCC(CC1CC(=O)c2c(C)cccc2C1)C(CC)C(=O)CC(C)=O.CCCC12CC3CC(CC(C3)C1)C2. The van der Waals surface area contributed by atoms with Crippen molar-refractivity contribution in [2.24, 2.45) is 40.9 Å². The molecule has 3 atom stereocenters. The second kappa shape index (κ2) is 16.3. The van der Waals surface area contributed by atoms with E-state index in [1.165, 1.54) is 26.2 Å². The molecule has 236 valence electrons. The number of hydrogen-bond acceptors (Lipinski definition) is 3. The minimum absolute atomic E-state index is 0.0460. The van der Waals surface area contributed by atoms with Gasteiger partial charge in [0.15, 0.2) is 5.78 Å². The van der Waals surface area contributed by atoms with Gasteiger partial charge in [-0.05, 0) is 124 Å². The van der Waals surface area contributed by atoms with Crippen LogP contribution in [0.15, 0.2) is 18.2 Å². The Morgan fingerprint density at radius 1 is 0.905 bits per heavy atom. The van der Waals surface area contributed by atoms with Crippen molar-refractivity contribution in [2.75, 3.05) is 0 Å². The molecule has 3 heteroatoms. The van der Waals surface area contributed by atoms with Gasteiger partial charge in [-0.3, -0.25) is 14.4 Å². The van der Waals surface area contributed by atoms with Crippen LogP contribution < -0.4 is 0 Å². The first kappa shape index (κ1) is 34.7. The fraction of sp³-hybridized carbons (Fsp3) is 0.769. The first-order valence-corrected chi connectivity index (χ1v) is 17.7. The van der Waals surface area contributed by atoms with Crippen molar-refractivity contribution in [3.8, 4) is 0 Å². The molecular formula is C39H62O3. The van der Waals surface area contributed by atoms with Crippen molar-refractivity contribution < 1.29 is 14.4 Å². The Bertz CT molecular complexity index is 1000. The summed E-state index contributed by atoms with van der Waals surface area (Å²) >= 11 is 0. The first-order chi connectivity index (χ1) is 20.1. The molecule has 0 aromatic heterocycles. The molecule has 0 radical (unpaired) electrons. The van der Waals surface area contributed by atoms with E-state index >= 15 is 0 Å². The van der Waals surface area contributed by atoms with Crippen molar-refractivity contribution >= 4 is 17.3 Å². The summed E-state index contributed by atoms with van der Waals surface area (Å²) in [5, 5.41) is 0. The molecule has 4 fully saturated rings. The van der Waals surface area contributed by atoms with E-state index in [4.69, 9.17) is 0 Å². The minimum atomic E-state index is -0.0622. The number of rotatable bonds is 11. The molecule has 4 saturated carbocycles. The minimum Gasteiger partial charge on any atom is -0.300 e. The van der Waals surface area contributed by atoms with Gasteiger partial charge in [-0.25, -0.2) is 0 Å². The predicted molar refractivity (Wildman–Crippen MR) is 176 cm³/mol. The Kier molecular flexibility index (Phi) is 13.5. The maximum Gasteiger partial charge on any atom is 0.163 e. The van der Waals surface area contributed by atoms with Gasteiger partial charge in [0.25, 0.3) is 0 Å². The van der Waals surface area contributed by atoms with Crippen LogP contribution in [0, 0.1) is 47.8 Å². The molecule has 0 N–H and O–H groups in total. The van der Waals surface area contributed by atoms with Crippen molar-refractivity contribution in [3.63, 3.8) is 0 Å². The third-order valence-corrected chi connectivity index (χ3v) is 10.7. The van der Waals surface area contributed by atoms with Gasteiger partial charge in [-0.1, -0.05) is 78.5 Å². The molecule has 0 amide bonds. The summed E-state index contributed by atoms with van der Waals surface area (Å²) in [5.41, 5.74) is 3.99. The third kappa shape index (κ3) is 9.12. The first-order valence-electron chi connectivity index (χ1n) is 17.7. The second-order valence-corrected chi connectivity index (χ2v) is 14.8. The predicted octanol–water partition coefficient (Wildman–Crippen LogP) is 10.5. The Balaban J connectivity index is 0.000000248. The maximum absolute atomic E-state index is 12.7. The largest absolute Gasteiger partial charge is 0.300 e. The molecule has 1 aromatic rings. The van der Waals surface area contributed by atoms with Crippen LogP contribution in [0.2, 0.25) is 0 Å². The summed E-state index contributed by atoms with van der Waals surface area (Å²) in [4.78, 5) is 36.6. The van der Waals surface area contributed by atoms with E-state index in [1.54, 1.807) is 38.5 Å². The summed E-state index contributed by atoms with van der Waals surface area (Å²) < 4.78 is 0. The van der Waals surface area contributed by atoms with Crippen LogP contribution in [-0.4, -0.2) is 17.3 Å². The molecular weight excluding hydrogens is 516 g/mol. The van der Waals surface area contributed by atoms with Crippen LogP contribution in [0.4, 0.5) is 0 Å². The van der Waals surface area contributed by atoms with Gasteiger partial charge >= 0.3 is 0 Å². The quantitative estimate of drug-likeness (QED) is 0.245. The van der Waals surface area contributed by atoms with Crippen LogP contribution in [0.3, 0.4) is 0 Å². The van der Waals surface area contributed by atoms with Crippen LogP contribution >= 0.6 is 0 Å². The zero-order valence-corrected chi connectivity index (χ0v) is 28.2. The number of aryl methyl sites for hydroxylation is 1. The maximum atomic E-state index is 12.7. The fourth-order valence-corrected chi connectivity index (χ4v) is 9.82. The number of fused-ring (bicyclic) bond motifs is 1. The molecule has 3 nitrogen and oxygen atoms in total. The molecule has 0 spiro atoms. The van der Waals surface area contributed by atoms with Gasteiger partial charge in [0.1, 0.15) is 11.6 Å². The third-order valence-electron chi connectivity index (χ3n) is 10.7. The van der Waals surface area contributed by atoms with Crippen molar-refractivity contribution in [1.29, 1.82) is 0 Å². The summed E-state index contributed by atoms with van der Waals surface area (Å²) in [6.07, 6.45) is 19.0. The molecule has 0 heterocycles. The highest BCUT2D eigenvalue weighted by Gasteiger charge is 2.50. The molecule has 0 saturated heterocycles. The van der Waals surface area contributed by atoms with E-state index in [9.17, 15) is 14.4 Å². The van der Waals surface area contributed by atoms with Gasteiger partial charge in [-0.15, -0.1) is 0 Å². The summed E-state index contributed by atoms with van der Waals surface area (Å²) in [6.45, 7) is 14.3. The monoisotopic (exact) mass is 578 g/mol.